The SMILES string of the molecule is Cc1cc(N(CCCCC2CCCC2)CCCCC2CCCC2)ccc1C1=C(O)/C(=C2/C=CC(N(CCCCC3CCCC3)CCCCC3CCCC3)=CC2=O)C1=O. The Morgan fingerprint density at radius 3 is 1.38 bits per heavy atom. The van der Waals surface area contributed by atoms with Crippen molar-refractivity contribution in [1.29, 1.82) is 0 Å². The number of carbonyl (C=O) groups is 2. The van der Waals surface area contributed by atoms with Gasteiger partial charge >= 0.3 is 0 Å². The summed E-state index contributed by atoms with van der Waals surface area (Å²) in [7, 11) is 0. The number of allylic oxidation sites excluding steroid dienone is 6. The van der Waals surface area contributed by atoms with Crippen LogP contribution >= 0.6 is 0 Å². The molecule has 5 heteroatoms. The highest BCUT2D eigenvalue weighted by molar-refractivity contribution is 6.41. The lowest BCUT2D eigenvalue weighted by molar-refractivity contribution is -0.114. The quantitative estimate of drug-likeness (QED) is 0.0884. The molecule has 0 aliphatic heterocycles. The van der Waals surface area contributed by atoms with E-state index in [1.165, 1.54) is 173 Å². The zero-order valence-corrected chi connectivity index (χ0v) is 36.6. The number of Topliss-reactive ketones (excluding diaryl/α,β-unsaturated/α-hetero) is 1. The highest BCUT2D eigenvalue weighted by atomic mass is 16.3. The van der Waals surface area contributed by atoms with Gasteiger partial charge in [0.1, 0.15) is 5.76 Å². The molecule has 58 heavy (non-hydrogen) atoms. The van der Waals surface area contributed by atoms with E-state index in [1.54, 1.807) is 12.2 Å². The van der Waals surface area contributed by atoms with Gasteiger partial charge in [-0.05, 0) is 91.7 Å². The molecule has 6 aliphatic rings. The van der Waals surface area contributed by atoms with Crippen LogP contribution in [-0.4, -0.2) is 47.8 Å². The second-order valence-electron chi connectivity index (χ2n) is 19.7. The molecule has 4 fully saturated rings. The van der Waals surface area contributed by atoms with Crippen molar-refractivity contribution >= 4 is 22.8 Å². The fourth-order valence-corrected chi connectivity index (χ4v) is 11.8. The Morgan fingerprint density at radius 2 is 0.983 bits per heavy atom. The Balaban J connectivity index is 0.987. The predicted octanol–water partition coefficient (Wildman–Crippen LogP) is 13.7. The molecule has 1 aromatic rings. The summed E-state index contributed by atoms with van der Waals surface area (Å²) < 4.78 is 0. The third kappa shape index (κ3) is 11.6. The first kappa shape index (κ1) is 43.0. The van der Waals surface area contributed by atoms with Gasteiger partial charge in [0.25, 0.3) is 0 Å². The van der Waals surface area contributed by atoms with Crippen LogP contribution in [0.25, 0.3) is 5.57 Å². The number of benzene rings is 1. The van der Waals surface area contributed by atoms with Gasteiger partial charge in [0.2, 0.25) is 5.78 Å². The molecule has 0 atom stereocenters. The second-order valence-corrected chi connectivity index (χ2v) is 19.7. The first-order valence-corrected chi connectivity index (χ1v) is 24.7. The van der Waals surface area contributed by atoms with Crippen LogP contribution in [-0.2, 0) is 9.59 Å². The van der Waals surface area contributed by atoms with Crippen LogP contribution in [0.2, 0.25) is 0 Å². The van der Waals surface area contributed by atoms with E-state index in [0.29, 0.717) is 11.1 Å². The van der Waals surface area contributed by atoms with E-state index in [-0.39, 0.29) is 22.9 Å². The minimum absolute atomic E-state index is 0.0305. The fourth-order valence-electron chi connectivity index (χ4n) is 11.8. The van der Waals surface area contributed by atoms with Gasteiger partial charge < -0.3 is 14.9 Å². The van der Waals surface area contributed by atoms with Crippen molar-refractivity contribution in [3.63, 3.8) is 0 Å². The molecule has 318 valence electrons. The highest BCUT2D eigenvalue weighted by Gasteiger charge is 2.39. The van der Waals surface area contributed by atoms with E-state index in [4.69, 9.17) is 0 Å². The van der Waals surface area contributed by atoms with Gasteiger partial charge in [0, 0.05) is 49.2 Å². The molecule has 0 spiro atoms. The summed E-state index contributed by atoms with van der Waals surface area (Å²) in [6.45, 7) is 6.13. The molecule has 0 bridgehead atoms. The van der Waals surface area contributed by atoms with Gasteiger partial charge in [-0.15, -0.1) is 0 Å². The maximum Gasteiger partial charge on any atom is 0.201 e. The van der Waals surface area contributed by atoms with Gasteiger partial charge in [0.05, 0.1) is 11.1 Å². The molecular formula is C53H78N2O3. The summed E-state index contributed by atoms with van der Waals surface area (Å²) >= 11 is 0. The van der Waals surface area contributed by atoms with Crippen LogP contribution < -0.4 is 4.90 Å². The number of aryl methyl sites for hydroxylation is 1. The molecule has 0 heterocycles. The number of nitrogens with zero attached hydrogens (tertiary/aromatic N) is 2. The van der Waals surface area contributed by atoms with Crippen molar-refractivity contribution in [2.45, 2.75) is 187 Å². The Hall–Kier alpha value is -3.08. The van der Waals surface area contributed by atoms with Crippen molar-refractivity contribution in [3.05, 3.63) is 70.2 Å². The number of carbonyl (C=O) groups excluding carboxylic acids is 2. The smallest absolute Gasteiger partial charge is 0.201 e. The topological polar surface area (TPSA) is 60.9 Å². The molecule has 0 radical (unpaired) electrons. The van der Waals surface area contributed by atoms with E-state index in [9.17, 15) is 14.7 Å². The van der Waals surface area contributed by atoms with Crippen molar-refractivity contribution in [2.75, 3.05) is 31.1 Å². The third-order valence-corrected chi connectivity index (χ3v) is 15.4. The number of rotatable bonds is 23. The summed E-state index contributed by atoms with van der Waals surface area (Å²) in [5.41, 5.74) is 4.82. The molecule has 1 aromatic carbocycles. The number of aliphatic hydroxyl groups is 1. The van der Waals surface area contributed by atoms with E-state index in [0.717, 1.165) is 79.5 Å². The Kier molecular flexibility index (Phi) is 16.3. The molecule has 0 aromatic heterocycles. The van der Waals surface area contributed by atoms with Gasteiger partial charge in [0.15, 0.2) is 5.78 Å². The molecule has 0 amide bonds. The summed E-state index contributed by atoms with van der Waals surface area (Å²) in [6, 6.07) is 6.41. The average molecular weight is 791 g/mol. The number of unbranched alkanes of at least 4 members (excludes halogenated alkanes) is 4. The number of ketones is 2. The Labute approximate surface area is 352 Å². The third-order valence-electron chi connectivity index (χ3n) is 15.4. The normalized spacial score (nSPS) is 22.2. The van der Waals surface area contributed by atoms with Crippen molar-refractivity contribution in [1.82, 2.24) is 4.90 Å². The maximum atomic E-state index is 13.8. The monoisotopic (exact) mass is 791 g/mol. The molecule has 0 saturated heterocycles. The van der Waals surface area contributed by atoms with Crippen LogP contribution in [0.15, 0.2) is 59.0 Å². The van der Waals surface area contributed by atoms with Crippen LogP contribution in [0.3, 0.4) is 0 Å². The van der Waals surface area contributed by atoms with Gasteiger partial charge in [-0.2, -0.15) is 0 Å². The molecule has 7 rings (SSSR count). The minimum atomic E-state index is -0.218. The van der Waals surface area contributed by atoms with Crippen LogP contribution in [0.5, 0.6) is 0 Å². The zero-order valence-electron chi connectivity index (χ0n) is 36.6. The lowest BCUT2D eigenvalue weighted by Gasteiger charge is -2.29. The molecule has 5 nitrogen and oxygen atoms in total. The number of hydrogen-bond acceptors (Lipinski definition) is 5. The standard InChI is InChI=1S/C53H78N2O3/c1-40-38-45(54(34-14-10-26-41-18-2-3-19-41)35-15-11-27-42-20-4-5-21-42)30-32-47(40)50-52(57)51(53(50)58)48-33-31-46(39-49(48)56)55(36-16-12-28-43-22-6-7-23-43)37-17-13-29-44-24-8-9-25-44/h30-33,38-39,41-44,57H,2-29,34-37H2,1H3/b51-48+. The summed E-state index contributed by atoms with van der Waals surface area (Å²) in [5, 5.41) is 11.4. The lowest BCUT2D eigenvalue weighted by atomic mass is 9.78. The summed E-state index contributed by atoms with van der Waals surface area (Å²) in [6.07, 6.45) is 43.3. The number of aliphatic hydroxyl groups excluding tert-OH is 1. The molecule has 6 aliphatic carbocycles. The van der Waals surface area contributed by atoms with E-state index in [1.807, 2.05) is 12.1 Å². The first-order valence-electron chi connectivity index (χ1n) is 24.7. The van der Waals surface area contributed by atoms with Crippen LogP contribution in [0, 0.1) is 30.6 Å². The summed E-state index contributed by atoms with van der Waals surface area (Å²) in [4.78, 5) is 32.6. The number of anilines is 1. The van der Waals surface area contributed by atoms with Gasteiger partial charge in [-0.25, -0.2) is 0 Å². The summed E-state index contributed by atoms with van der Waals surface area (Å²) in [5.74, 6) is 3.28. The molecule has 4 saturated carbocycles. The van der Waals surface area contributed by atoms with E-state index >= 15 is 0 Å². The fraction of sp³-hybridized carbons (Fsp3) is 0.698. The molecule has 1 N–H and O–H groups in total. The lowest BCUT2D eigenvalue weighted by Crippen LogP contribution is -2.29. The maximum absolute atomic E-state index is 13.8. The Morgan fingerprint density at radius 1 is 0.552 bits per heavy atom. The minimum Gasteiger partial charge on any atom is -0.506 e. The van der Waals surface area contributed by atoms with Crippen molar-refractivity contribution in [2.24, 2.45) is 23.7 Å². The average Bonchev–Trinajstić information content (AvgIpc) is 4.08. The zero-order chi connectivity index (χ0) is 40.1. The van der Waals surface area contributed by atoms with E-state index < -0.39 is 0 Å². The van der Waals surface area contributed by atoms with E-state index in [2.05, 4.69) is 28.9 Å². The molecular weight excluding hydrogens is 713 g/mol. The highest BCUT2D eigenvalue weighted by Crippen LogP contribution is 2.41. The largest absolute Gasteiger partial charge is 0.506 e. The van der Waals surface area contributed by atoms with Gasteiger partial charge in [-0.3, -0.25) is 9.59 Å². The first-order chi connectivity index (χ1) is 28.4. The van der Waals surface area contributed by atoms with Crippen LogP contribution in [0.1, 0.15) is 191 Å². The van der Waals surface area contributed by atoms with Crippen molar-refractivity contribution in [3.8, 4) is 0 Å². The predicted molar refractivity (Wildman–Crippen MR) is 242 cm³/mol. The van der Waals surface area contributed by atoms with Crippen LogP contribution in [0.4, 0.5) is 5.69 Å². The van der Waals surface area contributed by atoms with Gasteiger partial charge in [-0.1, -0.05) is 160 Å². The number of hydrogen-bond donors (Lipinski definition) is 1. The Bertz CT molecular complexity index is 1590. The second kappa shape index (κ2) is 22.0. The molecule has 0 unspecified atom stereocenters. The van der Waals surface area contributed by atoms with Crippen molar-refractivity contribution < 1.29 is 14.7 Å².